The fourth-order valence-corrected chi connectivity index (χ4v) is 2.62. The van der Waals surface area contributed by atoms with E-state index in [2.05, 4.69) is 43.3 Å². The molecule has 0 amide bonds. The van der Waals surface area contributed by atoms with Crippen molar-refractivity contribution in [3.63, 3.8) is 0 Å². The molecule has 0 saturated heterocycles. The van der Waals surface area contributed by atoms with Gasteiger partial charge in [0.2, 0.25) is 0 Å². The van der Waals surface area contributed by atoms with E-state index in [4.69, 9.17) is 0 Å². The van der Waals surface area contributed by atoms with Crippen molar-refractivity contribution >= 4 is 17.1 Å². The van der Waals surface area contributed by atoms with Crippen molar-refractivity contribution in [1.29, 1.82) is 0 Å². The van der Waals surface area contributed by atoms with Crippen LogP contribution in [0.4, 0.5) is 0 Å². The van der Waals surface area contributed by atoms with E-state index in [9.17, 15) is 4.79 Å². The van der Waals surface area contributed by atoms with Gasteiger partial charge in [0.05, 0.1) is 0 Å². The molecule has 0 aliphatic heterocycles. The normalized spacial score (nSPS) is 10.7. The van der Waals surface area contributed by atoms with Crippen molar-refractivity contribution < 1.29 is 4.79 Å². The van der Waals surface area contributed by atoms with E-state index in [0.717, 1.165) is 18.3 Å². The molecule has 0 aromatic heterocycles. The number of hydrogen-bond acceptors (Lipinski definition) is 1. The molecular formula is C19H16O. The van der Waals surface area contributed by atoms with E-state index in [-0.39, 0.29) is 0 Å². The Morgan fingerprint density at radius 1 is 0.850 bits per heavy atom. The second-order valence-electron chi connectivity index (χ2n) is 5.12. The van der Waals surface area contributed by atoms with Crippen LogP contribution >= 0.6 is 0 Å². The van der Waals surface area contributed by atoms with Gasteiger partial charge in [-0.05, 0) is 40.8 Å². The first-order valence-corrected chi connectivity index (χ1v) is 6.79. The third-order valence-electron chi connectivity index (χ3n) is 3.74. The quantitative estimate of drug-likeness (QED) is 0.631. The molecule has 0 bridgehead atoms. The SMILES string of the molecule is Cc1cccc2c(Cc3ccc(C=O)cc3)cccc12. The van der Waals surface area contributed by atoms with Gasteiger partial charge < -0.3 is 0 Å². The van der Waals surface area contributed by atoms with Crippen molar-refractivity contribution in [3.05, 3.63) is 82.9 Å². The van der Waals surface area contributed by atoms with Crippen molar-refractivity contribution in [2.75, 3.05) is 0 Å². The molecule has 1 nitrogen and oxygen atoms in total. The van der Waals surface area contributed by atoms with E-state index in [1.54, 1.807) is 0 Å². The van der Waals surface area contributed by atoms with Gasteiger partial charge in [0.1, 0.15) is 6.29 Å². The van der Waals surface area contributed by atoms with Gasteiger partial charge in [0, 0.05) is 5.56 Å². The predicted molar refractivity (Wildman–Crippen MR) is 83.3 cm³/mol. The topological polar surface area (TPSA) is 17.1 Å². The minimum atomic E-state index is 0.725. The molecule has 0 atom stereocenters. The molecule has 0 unspecified atom stereocenters. The highest BCUT2D eigenvalue weighted by Crippen LogP contribution is 2.24. The lowest BCUT2D eigenvalue weighted by Gasteiger charge is -2.09. The van der Waals surface area contributed by atoms with Crippen molar-refractivity contribution in [2.45, 2.75) is 13.3 Å². The van der Waals surface area contributed by atoms with Crippen LogP contribution in [0.2, 0.25) is 0 Å². The van der Waals surface area contributed by atoms with Crippen molar-refractivity contribution in [1.82, 2.24) is 0 Å². The van der Waals surface area contributed by atoms with Gasteiger partial charge in [-0.15, -0.1) is 0 Å². The number of carbonyl (C=O) groups is 1. The molecule has 20 heavy (non-hydrogen) atoms. The molecule has 0 aliphatic rings. The molecule has 98 valence electrons. The first kappa shape index (κ1) is 12.6. The van der Waals surface area contributed by atoms with E-state index >= 15 is 0 Å². The third-order valence-corrected chi connectivity index (χ3v) is 3.74. The van der Waals surface area contributed by atoms with Gasteiger partial charge in [-0.3, -0.25) is 4.79 Å². The van der Waals surface area contributed by atoms with Crippen LogP contribution in [0.15, 0.2) is 60.7 Å². The second-order valence-corrected chi connectivity index (χ2v) is 5.12. The minimum absolute atomic E-state index is 0.725. The van der Waals surface area contributed by atoms with Gasteiger partial charge in [0.15, 0.2) is 0 Å². The first-order chi connectivity index (χ1) is 9.78. The number of hydrogen-bond donors (Lipinski definition) is 0. The van der Waals surface area contributed by atoms with Crippen LogP contribution in [0.1, 0.15) is 27.0 Å². The lowest BCUT2D eigenvalue weighted by Crippen LogP contribution is -1.91. The average Bonchev–Trinajstić information content (AvgIpc) is 2.49. The smallest absolute Gasteiger partial charge is 0.150 e. The summed E-state index contributed by atoms with van der Waals surface area (Å²) < 4.78 is 0. The van der Waals surface area contributed by atoms with E-state index < -0.39 is 0 Å². The monoisotopic (exact) mass is 260 g/mol. The zero-order valence-corrected chi connectivity index (χ0v) is 11.5. The van der Waals surface area contributed by atoms with Crippen molar-refractivity contribution in [3.8, 4) is 0 Å². The highest BCUT2D eigenvalue weighted by Gasteiger charge is 2.03. The summed E-state index contributed by atoms with van der Waals surface area (Å²) in [5.41, 5.74) is 4.58. The summed E-state index contributed by atoms with van der Waals surface area (Å²) in [5, 5.41) is 2.63. The molecule has 0 N–H and O–H groups in total. The molecule has 0 aliphatic carbocycles. The summed E-state index contributed by atoms with van der Waals surface area (Å²) in [7, 11) is 0. The predicted octanol–water partition coefficient (Wildman–Crippen LogP) is 4.55. The summed E-state index contributed by atoms with van der Waals surface area (Å²) in [4.78, 5) is 10.7. The first-order valence-electron chi connectivity index (χ1n) is 6.79. The van der Waals surface area contributed by atoms with Crippen molar-refractivity contribution in [2.24, 2.45) is 0 Å². The Balaban J connectivity index is 2.01. The lowest BCUT2D eigenvalue weighted by molar-refractivity contribution is 0.112. The summed E-state index contributed by atoms with van der Waals surface area (Å²) >= 11 is 0. The van der Waals surface area contributed by atoms with Gasteiger partial charge in [-0.2, -0.15) is 0 Å². The van der Waals surface area contributed by atoms with Gasteiger partial charge in [-0.1, -0.05) is 60.7 Å². The fourth-order valence-electron chi connectivity index (χ4n) is 2.62. The third kappa shape index (κ3) is 2.35. The Kier molecular flexibility index (Phi) is 3.34. The largest absolute Gasteiger partial charge is 0.298 e. The van der Waals surface area contributed by atoms with Crippen LogP contribution in [0, 0.1) is 6.92 Å². The minimum Gasteiger partial charge on any atom is -0.298 e. The van der Waals surface area contributed by atoms with Crippen LogP contribution in [0.25, 0.3) is 10.8 Å². The zero-order chi connectivity index (χ0) is 13.9. The molecule has 3 aromatic rings. The average molecular weight is 260 g/mol. The maximum Gasteiger partial charge on any atom is 0.150 e. The Hall–Kier alpha value is -2.41. The molecule has 1 heteroatoms. The fraction of sp³-hybridized carbons (Fsp3) is 0.105. The number of benzene rings is 3. The van der Waals surface area contributed by atoms with Gasteiger partial charge in [-0.25, -0.2) is 0 Å². The van der Waals surface area contributed by atoms with E-state index in [0.29, 0.717) is 0 Å². The molecule has 0 radical (unpaired) electrons. The number of carbonyl (C=O) groups excluding carboxylic acids is 1. The maximum absolute atomic E-state index is 10.7. The molecule has 0 spiro atoms. The zero-order valence-electron chi connectivity index (χ0n) is 11.5. The van der Waals surface area contributed by atoms with Crippen LogP contribution in [-0.2, 0) is 6.42 Å². The van der Waals surface area contributed by atoms with Crippen LogP contribution in [-0.4, -0.2) is 6.29 Å². The Labute approximate surface area is 118 Å². The Bertz CT molecular complexity index is 754. The number of aldehydes is 1. The summed E-state index contributed by atoms with van der Waals surface area (Å²) in [5.74, 6) is 0. The van der Waals surface area contributed by atoms with Crippen LogP contribution < -0.4 is 0 Å². The molecule has 3 rings (SSSR count). The van der Waals surface area contributed by atoms with E-state index in [1.165, 1.54) is 27.5 Å². The van der Waals surface area contributed by atoms with Crippen LogP contribution in [0.3, 0.4) is 0 Å². The Morgan fingerprint density at radius 2 is 1.55 bits per heavy atom. The number of fused-ring (bicyclic) bond motifs is 1. The molecule has 0 heterocycles. The molecule has 0 fully saturated rings. The number of rotatable bonds is 3. The van der Waals surface area contributed by atoms with Crippen LogP contribution in [0.5, 0.6) is 0 Å². The molecule has 0 saturated carbocycles. The maximum atomic E-state index is 10.7. The lowest BCUT2D eigenvalue weighted by atomic mass is 9.96. The highest BCUT2D eigenvalue weighted by atomic mass is 16.1. The summed E-state index contributed by atoms with van der Waals surface area (Å²) in [6.07, 6.45) is 1.77. The number of aryl methyl sites for hydroxylation is 1. The standard InChI is InChI=1S/C19H16O/c1-14-4-2-7-19-17(5-3-6-18(14)19)12-15-8-10-16(13-20)11-9-15/h2-11,13H,12H2,1H3. The summed E-state index contributed by atoms with van der Waals surface area (Å²) in [6, 6.07) is 20.7. The van der Waals surface area contributed by atoms with Gasteiger partial charge >= 0.3 is 0 Å². The molecule has 3 aromatic carbocycles. The van der Waals surface area contributed by atoms with Gasteiger partial charge in [0.25, 0.3) is 0 Å². The molecular weight excluding hydrogens is 244 g/mol. The second kappa shape index (κ2) is 5.30. The Morgan fingerprint density at radius 3 is 2.30 bits per heavy atom. The van der Waals surface area contributed by atoms with E-state index in [1.807, 2.05) is 24.3 Å². The highest BCUT2D eigenvalue weighted by molar-refractivity contribution is 5.88. The summed E-state index contributed by atoms with van der Waals surface area (Å²) in [6.45, 7) is 2.14.